The Morgan fingerprint density at radius 2 is 2.26 bits per heavy atom. The van der Waals surface area contributed by atoms with E-state index in [2.05, 4.69) is 46.4 Å². The average molecular weight is 319 g/mol. The van der Waals surface area contributed by atoms with Crippen LogP contribution >= 0.6 is 0 Å². The van der Waals surface area contributed by atoms with Crippen molar-refractivity contribution in [3.63, 3.8) is 0 Å². The lowest BCUT2D eigenvalue weighted by Gasteiger charge is -2.35. The number of nitrogens with one attached hydrogen (secondary N) is 1. The van der Waals surface area contributed by atoms with Gasteiger partial charge in [-0.2, -0.15) is 0 Å². The zero-order valence-corrected chi connectivity index (χ0v) is 14.5. The van der Waals surface area contributed by atoms with Gasteiger partial charge in [-0.15, -0.1) is 0 Å². The summed E-state index contributed by atoms with van der Waals surface area (Å²) in [6, 6.07) is 8.43. The lowest BCUT2D eigenvalue weighted by molar-refractivity contribution is -0.00834. The second-order valence-electron chi connectivity index (χ2n) is 5.69. The molecule has 0 aliphatic carbocycles. The smallest absolute Gasteiger partial charge is 0.193 e. The molecule has 0 saturated carbocycles. The zero-order valence-electron chi connectivity index (χ0n) is 14.5. The number of nitrogens with zero attached hydrogens (tertiary/aromatic N) is 2. The molecule has 0 aromatic heterocycles. The van der Waals surface area contributed by atoms with E-state index in [0.717, 1.165) is 51.8 Å². The molecule has 0 bridgehead atoms. The summed E-state index contributed by atoms with van der Waals surface area (Å²) in [5.41, 5.74) is 2.54. The molecule has 1 aliphatic rings. The Bertz CT molecular complexity index is 505. The van der Waals surface area contributed by atoms with Gasteiger partial charge in [0.15, 0.2) is 5.96 Å². The van der Waals surface area contributed by atoms with E-state index in [1.165, 1.54) is 11.1 Å². The third-order valence-corrected chi connectivity index (χ3v) is 4.07. The monoisotopic (exact) mass is 319 g/mol. The highest BCUT2D eigenvalue weighted by atomic mass is 16.5. The number of hydrogen-bond donors (Lipinski definition) is 1. The number of morpholine rings is 1. The first-order chi connectivity index (χ1) is 11.3. The van der Waals surface area contributed by atoms with Gasteiger partial charge in [-0.1, -0.05) is 24.3 Å². The van der Waals surface area contributed by atoms with Gasteiger partial charge in [-0.3, -0.25) is 4.99 Å². The van der Waals surface area contributed by atoms with Crippen molar-refractivity contribution in [2.24, 2.45) is 4.99 Å². The minimum Gasteiger partial charge on any atom is -0.382 e. The van der Waals surface area contributed by atoms with Crippen LogP contribution in [0, 0.1) is 6.92 Å². The molecule has 1 heterocycles. The number of aryl methyl sites for hydroxylation is 1. The van der Waals surface area contributed by atoms with Crippen LogP contribution in [0.1, 0.15) is 30.6 Å². The van der Waals surface area contributed by atoms with Crippen LogP contribution in [-0.4, -0.2) is 57.4 Å². The molecule has 0 spiro atoms. The summed E-state index contributed by atoms with van der Waals surface area (Å²) in [6.07, 6.45) is 1.09. The van der Waals surface area contributed by atoms with E-state index in [4.69, 9.17) is 9.47 Å². The normalized spacial score (nSPS) is 19.0. The molecule has 0 amide bonds. The minimum absolute atomic E-state index is 0.104. The second-order valence-corrected chi connectivity index (χ2v) is 5.69. The fourth-order valence-electron chi connectivity index (χ4n) is 2.83. The molecule has 128 valence electrons. The van der Waals surface area contributed by atoms with Gasteiger partial charge in [0.05, 0.1) is 13.2 Å². The number of aliphatic imine (C=N–C) groups is 1. The third kappa shape index (κ3) is 5.22. The maximum atomic E-state index is 5.98. The maximum Gasteiger partial charge on any atom is 0.193 e. The molecule has 1 aromatic carbocycles. The molecular weight excluding hydrogens is 290 g/mol. The Morgan fingerprint density at radius 3 is 3.00 bits per heavy atom. The first-order valence-corrected chi connectivity index (χ1v) is 8.46. The molecule has 1 unspecified atom stereocenters. The summed E-state index contributed by atoms with van der Waals surface area (Å²) in [5.74, 6) is 0.948. The fraction of sp³-hybridized carbons (Fsp3) is 0.611. The largest absolute Gasteiger partial charge is 0.382 e. The van der Waals surface area contributed by atoms with Crippen molar-refractivity contribution >= 4 is 5.96 Å². The standard InChI is InChI=1S/C18H29N3O2/c1-4-22-12-7-10-20-18(19-3)21-11-13-23-17(14-21)16-9-6-5-8-15(16)2/h5-6,8-9,17H,4,7,10-14H2,1-3H3,(H,19,20). The molecule has 23 heavy (non-hydrogen) atoms. The van der Waals surface area contributed by atoms with E-state index in [9.17, 15) is 0 Å². The van der Waals surface area contributed by atoms with Gasteiger partial charge in [0.2, 0.25) is 0 Å². The molecule has 1 aromatic rings. The number of benzene rings is 1. The van der Waals surface area contributed by atoms with Crippen molar-refractivity contribution in [3.05, 3.63) is 35.4 Å². The van der Waals surface area contributed by atoms with Crippen LogP contribution < -0.4 is 5.32 Å². The van der Waals surface area contributed by atoms with Gasteiger partial charge >= 0.3 is 0 Å². The topological polar surface area (TPSA) is 46.1 Å². The summed E-state index contributed by atoms with van der Waals surface area (Å²) in [4.78, 5) is 6.69. The predicted molar refractivity (Wildman–Crippen MR) is 93.9 cm³/mol. The van der Waals surface area contributed by atoms with Gasteiger partial charge in [0.1, 0.15) is 6.10 Å². The number of ether oxygens (including phenoxy) is 2. The molecule has 2 rings (SSSR count). The predicted octanol–water partition coefficient (Wildman–Crippen LogP) is 2.37. The van der Waals surface area contributed by atoms with E-state index in [1.54, 1.807) is 0 Å². The Hall–Kier alpha value is -1.59. The summed E-state index contributed by atoms with van der Waals surface area (Å²) in [7, 11) is 1.84. The van der Waals surface area contributed by atoms with Gasteiger partial charge in [-0.05, 0) is 31.4 Å². The van der Waals surface area contributed by atoms with Crippen molar-refractivity contribution in [3.8, 4) is 0 Å². The fourth-order valence-corrected chi connectivity index (χ4v) is 2.83. The Balaban J connectivity index is 1.90. The highest BCUT2D eigenvalue weighted by Gasteiger charge is 2.24. The number of rotatable bonds is 6. The molecular formula is C18H29N3O2. The lowest BCUT2D eigenvalue weighted by Crippen LogP contribution is -2.48. The average Bonchev–Trinajstić information content (AvgIpc) is 2.59. The summed E-state index contributed by atoms with van der Waals surface area (Å²) < 4.78 is 11.4. The third-order valence-electron chi connectivity index (χ3n) is 4.07. The molecule has 5 nitrogen and oxygen atoms in total. The molecule has 1 atom stereocenters. The molecule has 0 radical (unpaired) electrons. The number of guanidine groups is 1. The van der Waals surface area contributed by atoms with Crippen molar-refractivity contribution in [2.45, 2.75) is 26.4 Å². The van der Waals surface area contributed by atoms with Crippen LogP contribution in [0.2, 0.25) is 0 Å². The Morgan fingerprint density at radius 1 is 1.43 bits per heavy atom. The van der Waals surface area contributed by atoms with E-state index in [0.29, 0.717) is 0 Å². The quantitative estimate of drug-likeness (QED) is 0.497. The zero-order chi connectivity index (χ0) is 16.5. The Kier molecular flexibility index (Phi) is 7.36. The maximum absolute atomic E-state index is 5.98. The van der Waals surface area contributed by atoms with E-state index >= 15 is 0 Å². The Labute approximate surface area is 139 Å². The first kappa shape index (κ1) is 17.8. The van der Waals surface area contributed by atoms with Crippen molar-refractivity contribution < 1.29 is 9.47 Å². The molecule has 1 saturated heterocycles. The minimum atomic E-state index is 0.104. The SMILES string of the molecule is CCOCCCNC(=NC)N1CCOC(c2ccccc2C)C1. The van der Waals surface area contributed by atoms with Crippen LogP contribution in [0.5, 0.6) is 0 Å². The summed E-state index contributed by atoms with van der Waals surface area (Å²) in [5, 5.41) is 3.43. The summed E-state index contributed by atoms with van der Waals surface area (Å²) >= 11 is 0. The van der Waals surface area contributed by atoms with Gasteiger partial charge in [0, 0.05) is 33.4 Å². The molecule has 1 aliphatic heterocycles. The lowest BCUT2D eigenvalue weighted by atomic mass is 10.0. The van der Waals surface area contributed by atoms with Crippen LogP contribution in [0.15, 0.2) is 29.3 Å². The molecule has 1 fully saturated rings. The highest BCUT2D eigenvalue weighted by molar-refractivity contribution is 5.80. The van der Waals surface area contributed by atoms with Crippen LogP contribution in [-0.2, 0) is 9.47 Å². The van der Waals surface area contributed by atoms with Crippen LogP contribution in [0.25, 0.3) is 0 Å². The van der Waals surface area contributed by atoms with E-state index in [-0.39, 0.29) is 6.10 Å². The molecule has 1 N–H and O–H groups in total. The van der Waals surface area contributed by atoms with Crippen LogP contribution in [0.4, 0.5) is 0 Å². The van der Waals surface area contributed by atoms with Crippen molar-refractivity contribution in [1.29, 1.82) is 0 Å². The van der Waals surface area contributed by atoms with Gasteiger partial charge in [0.25, 0.3) is 0 Å². The van der Waals surface area contributed by atoms with Gasteiger partial charge in [-0.25, -0.2) is 0 Å². The summed E-state index contributed by atoms with van der Waals surface area (Å²) in [6.45, 7) is 9.01. The van der Waals surface area contributed by atoms with Gasteiger partial charge < -0.3 is 19.7 Å². The highest BCUT2D eigenvalue weighted by Crippen LogP contribution is 2.24. The van der Waals surface area contributed by atoms with Crippen molar-refractivity contribution in [1.82, 2.24) is 10.2 Å². The first-order valence-electron chi connectivity index (χ1n) is 8.46. The second kappa shape index (κ2) is 9.53. The van der Waals surface area contributed by atoms with Crippen LogP contribution in [0.3, 0.4) is 0 Å². The molecule has 5 heteroatoms. The van der Waals surface area contributed by atoms with Crippen molar-refractivity contribution in [2.75, 3.05) is 46.5 Å². The van der Waals surface area contributed by atoms with E-state index in [1.807, 2.05) is 14.0 Å². The van der Waals surface area contributed by atoms with E-state index < -0.39 is 0 Å². The number of hydrogen-bond acceptors (Lipinski definition) is 3.